The van der Waals surface area contributed by atoms with Crippen LogP contribution in [0.1, 0.15) is 43.2 Å². The number of para-hydroxylation sites is 1. The molecule has 6 heteroatoms. The summed E-state index contributed by atoms with van der Waals surface area (Å²) in [7, 11) is 0. The SMILES string of the molecule is Cl.NCCCCCCC(=O)Nc1ccc(CC(=O)N2CCc3ccccc32)cc1. The smallest absolute Gasteiger partial charge is 0.231 e. The molecule has 0 unspecified atom stereocenters. The fraction of sp³-hybridized carbons (Fsp3) is 0.391. The van der Waals surface area contributed by atoms with Crippen LogP contribution in [0.3, 0.4) is 0 Å². The number of fused-ring (bicyclic) bond motifs is 1. The van der Waals surface area contributed by atoms with Crippen molar-refractivity contribution in [1.29, 1.82) is 0 Å². The van der Waals surface area contributed by atoms with E-state index in [9.17, 15) is 9.59 Å². The van der Waals surface area contributed by atoms with E-state index in [4.69, 9.17) is 5.73 Å². The molecule has 0 saturated carbocycles. The molecule has 0 spiro atoms. The number of halogens is 1. The summed E-state index contributed by atoms with van der Waals surface area (Å²) in [6, 6.07) is 15.6. The van der Waals surface area contributed by atoms with Crippen molar-refractivity contribution in [3.05, 3.63) is 59.7 Å². The van der Waals surface area contributed by atoms with Crippen LogP contribution >= 0.6 is 12.4 Å². The van der Waals surface area contributed by atoms with Gasteiger partial charge < -0.3 is 16.0 Å². The Morgan fingerprint density at radius 3 is 2.45 bits per heavy atom. The third-order valence-corrected chi connectivity index (χ3v) is 5.14. The van der Waals surface area contributed by atoms with Gasteiger partial charge in [-0.2, -0.15) is 0 Å². The molecule has 1 aliphatic heterocycles. The summed E-state index contributed by atoms with van der Waals surface area (Å²) in [6.45, 7) is 1.46. The number of nitrogens with one attached hydrogen (secondary N) is 1. The van der Waals surface area contributed by atoms with Crippen LogP contribution < -0.4 is 16.0 Å². The lowest BCUT2D eigenvalue weighted by atomic mass is 10.1. The van der Waals surface area contributed by atoms with E-state index in [2.05, 4.69) is 11.4 Å². The number of unbranched alkanes of at least 4 members (excludes halogenated alkanes) is 3. The van der Waals surface area contributed by atoms with Gasteiger partial charge >= 0.3 is 0 Å². The average Bonchev–Trinajstić information content (AvgIpc) is 3.13. The fourth-order valence-corrected chi connectivity index (χ4v) is 3.58. The zero-order valence-electron chi connectivity index (χ0n) is 16.7. The molecule has 156 valence electrons. The summed E-state index contributed by atoms with van der Waals surface area (Å²) in [4.78, 5) is 26.6. The Kier molecular flexibility index (Phi) is 9.16. The van der Waals surface area contributed by atoms with Crippen molar-refractivity contribution in [3.63, 3.8) is 0 Å². The normalized spacial score (nSPS) is 12.2. The molecule has 1 aliphatic rings. The minimum Gasteiger partial charge on any atom is -0.330 e. The van der Waals surface area contributed by atoms with Crippen LogP contribution in [0.5, 0.6) is 0 Å². The van der Waals surface area contributed by atoms with E-state index in [-0.39, 0.29) is 24.2 Å². The minimum absolute atomic E-state index is 0. The van der Waals surface area contributed by atoms with Gasteiger partial charge in [0.1, 0.15) is 0 Å². The van der Waals surface area contributed by atoms with E-state index in [0.717, 1.165) is 55.6 Å². The highest BCUT2D eigenvalue weighted by atomic mass is 35.5. The summed E-state index contributed by atoms with van der Waals surface area (Å²) >= 11 is 0. The molecular formula is C23H30ClN3O2. The van der Waals surface area contributed by atoms with E-state index in [1.807, 2.05) is 47.4 Å². The van der Waals surface area contributed by atoms with Gasteiger partial charge in [-0.1, -0.05) is 43.2 Å². The zero-order chi connectivity index (χ0) is 19.8. The van der Waals surface area contributed by atoms with Crippen molar-refractivity contribution < 1.29 is 9.59 Å². The summed E-state index contributed by atoms with van der Waals surface area (Å²) < 4.78 is 0. The lowest BCUT2D eigenvalue weighted by molar-refractivity contribution is -0.118. The summed E-state index contributed by atoms with van der Waals surface area (Å²) in [5.74, 6) is 0.143. The first-order chi connectivity index (χ1) is 13.7. The standard InChI is InChI=1S/C23H29N3O2.ClH/c24-15-6-2-1-3-9-22(27)25-20-12-10-18(11-13-20)17-23(28)26-16-14-19-7-4-5-8-21(19)26;/h4-5,7-8,10-13H,1-3,6,9,14-17,24H2,(H,25,27);1H. The summed E-state index contributed by atoms with van der Waals surface area (Å²) in [6.07, 6.45) is 5.82. The first-order valence-electron chi connectivity index (χ1n) is 10.1. The molecular weight excluding hydrogens is 386 g/mol. The molecule has 3 N–H and O–H groups in total. The van der Waals surface area contributed by atoms with Crippen LogP contribution in [0, 0.1) is 0 Å². The van der Waals surface area contributed by atoms with Crippen LogP contribution in [-0.2, 0) is 22.4 Å². The van der Waals surface area contributed by atoms with Gasteiger partial charge in [0, 0.05) is 24.3 Å². The lowest BCUT2D eigenvalue weighted by Crippen LogP contribution is -2.30. The Morgan fingerprint density at radius 1 is 0.966 bits per heavy atom. The zero-order valence-corrected chi connectivity index (χ0v) is 17.5. The van der Waals surface area contributed by atoms with E-state index in [0.29, 0.717) is 19.4 Å². The number of amides is 2. The number of nitrogens with two attached hydrogens (primary N) is 1. The first kappa shape index (κ1) is 22.9. The van der Waals surface area contributed by atoms with E-state index in [1.165, 1.54) is 5.56 Å². The van der Waals surface area contributed by atoms with Crippen LogP contribution in [-0.4, -0.2) is 24.9 Å². The number of rotatable bonds is 9. The quantitative estimate of drug-likeness (QED) is 0.605. The highest BCUT2D eigenvalue weighted by Crippen LogP contribution is 2.28. The van der Waals surface area contributed by atoms with Crippen LogP contribution in [0.2, 0.25) is 0 Å². The molecule has 0 fully saturated rings. The second kappa shape index (κ2) is 11.6. The molecule has 2 amide bonds. The lowest BCUT2D eigenvalue weighted by Gasteiger charge is -2.17. The fourth-order valence-electron chi connectivity index (χ4n) is 3.58. The van der Waals surface area contributed by atoms with Crippen molar-refractivity contribution in [1.82, 2.24) is 0 Å². The number of nitrogens with zero attached hydrogens (tertiary/aromatic N) is 1. The molecule has 0 aliphatic carbocycles. The predicted molar refractivity (Wildman–Crippen MR) is 121 cm³/mol. The van der Waals surface area contributed by atoms with Crippen molar-refractivity contribution in [2.45, 2.75) is 44.9 Å². The maximum Gasteiger partial charge on any atom is 0.231 e. The van der Waals surface area contributed by atoms with E-state index >= 15 is 0 Å². The van der Waals surface area contributed by atoms with Gasteiger partial charge in [-0.3, -0.25) is 9.59 Å². The molecule has 0 radical (unpaired) electrons. The molecule has 2 aromatic carbocycles. The van der Waals surface area contributed by atoms with Crippen molar-refractivity contribution in [2.24, 2.45) is 5.73 Å². The number of benzene rings is 2. The highest BCUT2D eigenvalue weighted by molar-refractivity contribution is 5.97. The van der Waals surface area contributed by atoms with Gasteiger partial charge in [-0.25, -0.2) is 0 Å². The Bertz CT molecular complexity index is 808. The van der Waals surface area contributed by atoms with Gasteiger partial charge in [0.2, 0.25) is 11.8 Å². The Hall–Kier alpha value is -2.37. The largest absolute Gasteiger partial charge is 0.330 e. The minimum atomic E-state index is 0. The average molecular weight is 416 g/mol. The molecule has 5 nitrogen and oxygen atoms in total. The Balaban J connectivity index is 0.00000300. The topological polar surface area (TPSA) is 75.4 Å². The second-order valence-corrected chi connectivity index (χ2v) is 7.30. The van der Waals surface area contributed by atoms with Crippen LogP contribution in [0.15, 0.2) is 48.5 Å². The molecule has 1 heterocycles. The molecule has 0 atom stereocenters. The number of anilines is 2. The highest BCUT2D eigenvalue weighted by Gasteiger charge is 2.23. The molecule has 3 rings (SSSR count). The number of carbonyl (C=O) groups excluding carboxylic acids is 2. The van der Waals surface area contributed by atoms with Crippen molar-refractivity contribution in [3.8, 4) is 0 Å². The number of hydrogen-bond acceptors (Lipinski definition) is 3. The van der Waals surface area contributed by atoms with Gasteiger partial charge in [-0.05, 0) is 55.1 Å². The molecule has 0 saturated heterocycles. The maximum absolute atomic E-state index is 12.7. The van der Waals surface area contributed by atoms with Gasteiger partial charge in [0.05, 0.1) is 6.42 Å². The van der Waals surface area contributed by atoms with Gasteiger partial charge in [0.25, 0.3) is 0 Å². The summed E-state index contributed by atoms with van der Waals surface area (Å²) in [5.41, 5.74) is 9.46. The van der Waals surface area contributed by atoms with Crippen LogP contribution in [0.25, 0.3) is 0 Å². The Labute approximate surface area is 179 Å². The van der Waals surface area contributed by atoms with E-state index < -0.39 is 0 Å². The first-order valence-corrected chi connectivity index (χ1v) is 10.1. The van der Waals surface area contributed by atoms with Crippen LogP contribution in [0.4, 0.5) is 11.4 Å². The second-order valence-electron chi connectivity index (χ2n) is 7.30. The molecule has 0 aromatic heterocycles. The Morgan fingerprint density at radius 2 is 1.69 bits per heavy atom. The monoisotopic (exact) mass is 415 g/mol. The van der Waals surface area contributed by atoms with Crippen molar-refractivity contribution in [2.75, 3.05) is 23.3 Å². The van der Waals surface area contributed by atoms with Gasteiger partial charge in [0.15, 0.2) is 0 Å². The van der Waals surface area contributed by atoms with E-state index in [1.54, 1.807) is 0 Å². The number of carbonyl (C=O) groups is 2. The predicted octanol–water partition coefficient (Wildman–Crippen LogP) is 4.09. The molecule has 29 heavy (non-hydrogen) atoms. The van der Waals surface area contributed by atoms with Crippen molar-refractivity contribution >= 4 is 35.6 Å². The number of hydrogen-bond donors (Lipinski definition) is 2. The molecule has 0 bridgehead atoms. The third-order valence-electron chi connectivity index (χ3n) is 5.14. The maximum atomic E-state index is 12.7. The van der Waals surface area contributed by atoms with Gasteiger partial charge in [-0.15, -0.1) is 12.4 Å². The summed E-state index contributed by atoms with van der Waals surface area (Å²) in [5, 5.41) is 2.92. The molecule has 2 aromatic rings. The third kappa shape index (κ3) is 6.58.